The van der Waals surface area contributed by atoms with Crippen LogP contribution in [0.1, 0.15) is 22.9 Å². The van der Waals surface area contributed by atoms with Gasteiger partial charge in [-0.1, -0.05) is 11.6 Å². The predicted molar refractivity (Wildman–Crippen MR) is 75.5 cm³/mol. The molecule has 0 aliphatic rings. The molecule has 2 N–H and O–H groups in total. The minimum Gasteiger partial charge on any atom is -0.324 e. The standard InChI is InChI=1S/C12H14BrClN4/c1-7-10(12(14)18(2)17-7)4-11(15)8-3-9(13)6-16-5-8/h3,5-6,11H,4,15H2,1-2H3. The lowest BCUT2D eigenvalue weighted by molar-refractivity contribution is 0.713. The molecule has 0 aliphatic heterocycles. The zero-order valence-corrected chi connectivity index (χ0v) is 12.5. The number of pyridine rings is 1. The Morgan fingerprint density at radius 3 is 2.78 bits per heavy atom. The molecule has 0 aromatic carbocycles. The van der Waals surface area contributed by atoms with Gasteiger partial charge in [-0.05, 0) is 40.9 Å². The molecule has 0 fully saturated rings. The van der Waals surface area contributed by atoms with Crippen LogP contribution in [0, 0.1) is 6.92 Å². The van der Waals surface area contributed by atoms with Crippen LogP contribution < -0.4 is 5.73 Å². The van der Waals surface area contributed by atoms with E-state index in [4.69, 9.17) is 17.3 Å². The highest BCUT2D eigenvalue weighted by molar-refractivity contribution is 9.10. The fourth-order valence-corrected chi connectivity index (χ4v) is 2.51. The van der Waals surface area contributed by atoms with Crippen molar-refractivity contribution < 1.29 is 0 Å². The molecular formula is C12H14BrClN4. The number of nitrogens with two attached hydrogens (primary N) is 1. The largest absolute Gasteiger partial charge is 0.324 e. The van der Waals surface area contributed by atoms with Gasteiger partial charge in [-0.3, -0.25) is 9.67 Å². The zero-order chi connectivity index (χ0) is 13.3. The summed E-state index contributed by atoms with van der Waals surface area (Å²) in [5.41, 5.74) is 9.07. The number of hydrogen-bond donors (Lipinski definition) is 1. The third-order valence-corrected chi connectivity index (χ3v) is 3.75. The van der Waals surface area contributed by atoms with E-state index >= 15 is 0 Å². The molecule has 2 rings (SSSR count). The Labute approximate surface area is 119 Å². The van der Waals surface area contributed by atoms with Crippen molar-refractivity contribution in [3.63, 3.8) is 0 Å². The van der Waals surface area contributed by atoms with Gasteiger partial charge in [0.1, 0.15) is 5.15 Å². The third-order valence-electron chi connectivity index (χ3n) is 2.85. The topological polar surface area (TPSA) is 56.7 Å². The lowest BCUT2D eigenvalue weighted by atomic mass is 10.0. The molecule has 1 atom stereocenters. The minimum absolute atomic E-state index is 0.143. The molecule has 4 nitrogen and oxygen atoms in total. The number of halogens is 2. The first kappa shape index (κ1) is 13.5. The summed E-state index contributed by atoms with van der Waals surface area (Å²) in [6.07, 6.45) is 4.16. The van der Waals surface area contributed by atoms with E-state index in [0.29, 0.717) is 11.6 Å². The maximum absolute atomic E-state index is 6.20. The average molecular weight is 330 g/mol. The summed E-state index contributed by atoms with van der Waals surface area (Å²) in [7, 11) is 1.82. The molecule has 2 heterocycles. The molecule has 18 heavy (non-hydrogen) atoms. The summed E-state index contributed by atoms with van der Waals surface area (Å²) in [4.78, 5) is 4.12. The van der Waals surface area contributed by atoms with Gasteiger partial charge in [-0.25, -0.2) is 0 Å². The molecule has 2 aromatic heterocycles. The Morgan fingerprint density at radius 2 is 2.22 bits per heavy atom. The van der Waals surface area contributed by atoms with Crippen molar-refractivity contribution in [2.24, 2.45) is 12.8 Å². The van der Waals surface area contributed by atoms with Gasteiger partial charge in [-0.15, -0.1) is 0 Å². The van der Waals surface area contributed by atoms with Crippen LogP contribution in [0.2, 0.25) is 5.15 Å². The Balaban J connectivity index is 2.24. The van der Waals surface area contributed by atoms with Crippen molar-refractivity contribution in [1.82, 2.24) is 14.8 Å². The van der Waals surface area contributed by atoms with Crippen molar-refractivity contribution in [3.05, 3.63) is 44.9 Å². The van der Waals surface area contributed by atoms with E-state index in [1.54, 1.807) is 17.1 Å². The number of aromatic nitrogens is 3. The van der Waals surface area contributed by atoms with E-state index < -0.39 is 0 Å². The van der Waals surface area contributed by atoms with Crippen LogP contribution in [-0.4, -0.2) is 14.8 Å². The highest BCUT2D eigenvalue weighted by atomic mass is 79.9. The van der Waals surface area contributed by atoms with E-state index in [1.807, 2.05) is 20.0 Å². The summed E-state index contributed by atoms with van der Waals surface area (Å²) < 4.78 is 2.59. The molecular weight excluding hydrogens is 316 g/mol. The van der Waals surface area contributed by atoms with E-state index in [-0.39, 0.29) is 6.04 Å². The van der Waals surface area contributed by atoms with E-state index in [2.05, 4.69) is 26.0 Å². The van der Waals surface area contributed by atoms with Crippen LogP contribution in [-0.2, 0) is 13.5 Å². The van der Waals surface area contributed by atoms with Crippen molar-refractivity contribution in [3.8, 4) is 0 Å². The summed E-state index contributed by atoms with van der Waals surface area (Å²) in [5.74, 6) is 0. The smallest absolute Gasteiger partial charge is 0.130 e. The second kappa shape index (κ2) is 5.38. The Bertz CT molecular complexity index is 567. The minimum atomic E-state index is -0.143. The van der Waals surface area contributed by atoms with Crippen LogP contribution in [0.25, 0.3) is 0 Å². The van der Waals surface area contributed by atoms with Crippen molar-refractivity contribution in [1.29, 1.82) is 0 Å². The van der Waals surface area contributed by atoms with Crippen molar-refractivity contribution >= 4 is 27.5 Å². The molecule has 0 saturated heterocycles. The first-order valence-electron chi connectivity index (χ1n) is 5.53. The molecule has 1 unspecified atom stereocenters. The summed E-state index contributed by atoms with van der Waals surface area (Å²) in [5, 5.41) is 4.92. The van der Waals surface area contributed by atoms with Crippen LogP contribution in [0.3, 0.4) is 0 Å². The number of aryl methyl sites for hydroxylation is 2. The van der Waals surface area contributed by atoms with Crippen molar-refractivity contribution in [2.75, 3.05) is 0 Å². The quantitative estimate of drug-likeness (QED) is 0.942. The summed E-state index contributed by atoms with van der Waals surface area (Å²) in [6.45, 7) is 1.94. The van der Waals surface area contributed by atoms with Crippen LogP contribution in [0.5, 0.6) is 0 Å². The Hall–Kier alpha value is -0.910. The molecule has 6 heteroatoms. The number of nitrogens with zero attached hydrogens (tertiary/aromatic N) is 3. The molecule has 0 aliphatic carbocycles. The molecule has 0 spiro atoms. The predicted octanol–water partition coefficient (Wildman–Crippen LogP) is 2.78. The average Bonchev–Trinajstić information content (AvgIpc) is 2.56. The summed E-state index contributed by atoms with van der Waals surface area (Å²) >= 11 is 9.59. The second-order valence-corrected chi connectivity index (χ2v) is 5.50. The van der Waals surface area contributed by atoms with Gasteiger partial charge in [0.25, 0.3) is 0 Å². The van der Waals surface area contributed by atoms with Gasteiger partial charge >= 0.3 is 0 Å². The lowest BCUT2D eigenvalue weighted by Crippen LogP contribution is -2.14. The number of hydrogen-bond acceptors (Lipinski definition) is 3. The SMILES string of the molecule is Cc1nn(C)c(Cl)c1CC(N)c1cncc(Br)c1. The van der Waals surface area contributed by atoms with Crippen LogP contribution in [0.15, 0.2) is 22.9 Å². The molecule has 2 aromatic rings. The fraction of sp³-hybridized carbons (Fsp3) is 0.333. The zero-order valence-electron chi connectivity index (χ0n) is 10.2. The monoisotopic (exact) mass is 328 g/mol. The summed E-state index contributed by atoms with van der Waals surface area (Å²) in [6, 6.07) is 1.83. The van der Waals surface area contributed by atoms with Gasteiger partial charge in [0.2, 0.25) is 0 Å². The van der Waals surface area contributed by atoms with E-state index in [1.165, 1.54) is 0 Å². The van der Waals surface area contributed by atoms with Gasteiger partial charge in [0.15, 0.2) is 0 Å². The molecule has 0 radical (unpaired) electrons. The highest BCUT2D eigenvalue weighted by Crippen LogP contribution is 2.25. The number of rotatable bonds is 3. The molecule has 0 saturated carbocycles. The van der Waals surface area contributed by atoms with Gasteiger partial charge < -0.3 is 5.73 Å². The third kappa shape index (κ3) is 2.74. The Morgan fingerprint density at radius 1 is 1.50 bits per heavy atom. The van der Waals surface area contributed by atoms with Crippen molar-refractivity contribution in [2.45, 2.75) is 19.4 Å². The normalized spacial score (nSPS) is 12.7. The van der Waals surface area contributed by atoms with Gasteiger partial charge in [-0.2, -0.15) is 5.10 Å². The lowest BCUT2D eigenvalue weighted by Gasteiger charge is -2.11. The van der Waals surface area contributed by atoms with E-state index in [9.17, 15) is 0 Å². The second-order valence-electron chi connectivity index (χ2n) is 4.23. The molecule has 0 bridgehead atoms. The van der Waals surface area contributed by atoms with Crippen LogP contribution in [0.4, 0.5) is 0 Å². The Kier molecular flexibility index (Phi) is 4.04. The van der Waals surface area contributed by atoms with Gasteiger partial charge in [0.05, 0.1) is 5.69 Å². The van der Waals surface area contributed by atoms with Gasteiger partial charge in [0, 0.05) is 35.5 Å². The highest BCUT2D eigenvalue weighted by Gasteiger charge is 2.16. The van der Waals surface area contributed by atoms with E-state index in [0.717, 1.165) is 21.3 Å². The first-order chi connectivity index (χ1) is 8.49. The maximum atomic E-state index is 6.20. The maximum Gasteiger partial charge on any atom is 0.130 e. The van der Waals surface area contributed by atoms with Crippen LogP contribution >= 0.6 is 27.5 Å². The molecule has 96 valence electrons. The first-order valence-corrected chi connectivity index (χ1v) is 6.70. The fourth-order valence-electron chi connectivity index (χ4n) is 1.87. The molecule has 0 amide bonds.